The van der Waals surface area contributed by atoms with E-state index in [-0.39, 0.29) is 0 Å². The van der Waals surface area contributed by atoms with E-state index in [2.05, 4.69) is 17.3 Å². The Labute approximate surface area is 98.5 Å². The number of ether oxygens (including phenoxy) is 1. The van der Waals surface area contributed by atoms with Gasteiger partial charge in [0, 0.05) is 31.3 Å². The minimum Gasteiger partial charge on any atom is -0.377 e. The molecule has 3 aliphatic rings. The minimum absolute atomic E-state index is 0.498. The molecule has 0 aromatic heterocycles. The van der Waals surface area contributed by atoms with Crippen LogP contribution in [0.3, 0.4) is 0 Å². The van der Waals surface area contributed by atoms with Crippen LogP contribution in [-0.4, -0.2) is 49.3 Å². The van der Waals surface area contributed by atoms with Crippen LogP contribution >= 0.6 is 0 Å². The Hall–Kier alpha value is -0.120. The van der Waals surface area contributed by atoms with Crippen molar-refractivity contribution in [3.63, 3.8) is 0 Å². The fraction of sp³-hybridized carbons (Fsp3) is 1.00. The molecular formula is C13H24N2O. The fourth-order valence-corrected chi connectivity index (χ4v) is 3.68. The molecule has 0 amide bonds. The molecule has 3 aliphatic heterocycles. The standard InChI is InChI=1S/C13H24N2O/c1-15-11-4-5-12(15)8-10(7-11)14-9-13-3-2-6-16-13/h10-14H,2-9H2,1H3. The molecule has 2 bridgehead atoms. The van der Waals surface area contributed by atoms with Crippen LogP contribution in [0.15, 0.2) is 0 Å². The normalized spacial score (nSPS) is 44.1. The molecule has 0 aliphatic carbocycles. The summed E-state index contributed by atoms with van der Waals surface area (Å²) >= 11 is 0. The van der Waals surface area contributed by atoms with Crippen LogP contribution in [0.5, 0.6) is 0 Å². The van der Waals surface area contributed by atoms with Crippen molar-refractivity contribution in [3.05, 3.63) is 0 Å². The molecule has 92 valence electrons. The third-order valence-electron chi connectivity index (χ3n) is 4.76. The van der Waals surface area contributed by atoms with Crippen LogP contribution in [0.1, 0.15) is 38.5 Å². The Morgan fingerprint density at radius 1 is 1.19 bits per heavy atom. The van der Waals surface area contributed by atoms with Crippen molar-refractivity contribution in [2.75, 3.05) is 20.2 Å². The first-order valence-electron chi connectivity index (χ1n) is 6.90. The lowest BCUT2D eigenvalue weighted by atomic mass is 9.98. The van der Waals surface area contributed by atoms with E-state index in [0.717, 1.165) is 31.3 Å². The zero-order chi connectivity index (χ0) is 11.0. The third-order valence-corrected chi connectivity index (χ3v) is 4.76. The predicted molar refractivity (Wildman–Crippen MR) is 64.6 cm³/mol. The van der Waals surface area contributed by atoms with Crippen molar-refractivity contribution >= 4 is 0 Å². The van der Waals surface area contributed by atoms with Gasteiger partial charge >= 0.3 is 0 Å². The van der Waals surface area contributed by atoms with Gasteiger partial charge in [0.1, 0.15) is 0 Å². The molecule has 0 aromatic rings. The van der Waals surface area contributed by atoms with Crippen LogP contribution in [-0.2, 0) is 4.74 Å². The Bertz CT molecular complexity index is 226. The van der Waals surface area contributed by atoms with Crippen LogP contribution in [0.25, 0.3) is 0 Å². The second-order valence-corrected chi connectivity index (χ2v) is 5.76. The second kappa shape index (κ2) is 4.63. The van der Waals surface area contributed by atoms with E-state index in [1.165, 1.54) is 38.5 Å². The smallest absolute Gasteiger partial charge is 0.0700 e. The molecule has 3 heterocycles. The predicted octanol–water partition coefficient (Wildman–Crippen LogP) is 1.38. The van der Waals surface area contributed by atoms with Crippen molar-refractivity contribution in [2.45, 2.75) is 62.8 Å². The topological polar surface area (TPSA) is 24.5 Å². The number of rotatable bonds is 3. The number of nitrogens with one attached hydrogen (secondary N) is 1. The molecule has 0 aromatic carbocycles. The molecule has 0 spiro atoms. The van der Waals surface area contributed by atoms with Gasteiger partial charge in [-0.2, -0.15) is 0 Å². The Morgan fingerprint density at radius 3 is 2.56 bits per heavy atom. The highest BCUT2D eigenvalue weighted by molar-refractivity contribution is 4.96. The van der Waals surface area contributed by atoms with Crippen molar-refractivity contribution in [2.24, 2.45) is 0 Å². The maximum absolute atomic E-state index is 5.66. The Kier molecular flexibility index (Phi) is 3.18. The lowest BCUT2D eigenvalue weighted by molar-refractivity contribution is 0.0960. The molecule has 3 atom stereocenters. The zero-order valence-electron chi connectivity index (χ0n) is 10.3. The van der Waals surface area contributed by atoms with Crippen molar-refractivity contribution in [1.82, 2.24) is 10.2 Å². The van der Waals surface area contributed by atoms with Crippen molar-refractivity contribution < 1.29 is 4.74 Å². The molecule has 1 N–H and O–H groups in total. The monoisotopic (exact) mass is 224 g/mol. The second-order valence-electron chi connectivity index (χ2n) is 5.76. The number of piperidine rings is 1. The quantitative estimate of drug-likeness (QED) is 0.784. The van der Waals surface area contributed by atoms with E-state index in [4.69, 9.17) is 4.74 Å². The van der Waals surface area contributed by atoms with Crippen LogP contribution in [0.4, 0.5) is 0 Å². The van der Waals surface area contributed by atoms with Crippen molar-refractivity contribution in [1.29, 1.82) is 0 Å². The SMILES string of the molecule is CN1C2CCC1CC(NCC1CCCO1)C2. The average Bonchev–Trinajstić information content (AvgIpc) is 2.84. The van der Waals surface area contributed by atoms with Gasteiger partial charge in [0.05, 0.1) is 6.10 Å². The summed E-state index contributed by atoms with van der Waals surface area (Å²) in [6, 6.07) is 2.44. The summed E-state index contributed by atoms with van der Waals surface area (Å²) < 4.78 is 5.66. The largest absolute Gasteiger partial charge is 0.377 e. The molecule has 3 unspecified atom stereocenters. The van der Waals surface area contributed by atoms with Gasteiger partial charge in [-0.05, 0) is 45.6 Å². The lowest BCUT2D eigenvalue weighted by Crippen LogP contribution is -2.48. The molecule has 3 fully saturated rings. The summed E-state index contributed by atoms with van der Waals surface area (Å²) in [5.74, 6) is 0. The van der Waals surface area contributed by atoms with E-state index < -0.39 is 0 Å². The summed E-state index contributed by atoms with van der Waals surface area (Å²) in [7, 11) is 2.30. The van der Waals surface area contributed by atoms with Crippen molar-refractivity contribution in [3.8, 4) is 0 Å². The molecule has 16 heavy (non-hydrogen) atoms. The summed E-state index contributed by atoms with van der Waals surface area (Å²) in [6.07, 6.45) is 8.53. The highest BCUT2D eigenvalue weighted by Gasteiger charge is 2.38. The molecule has 3 saturated heterocycles. The van der Waals surface area contributed by atoms with Gasteiger partial charge in [-0.3, -0.25) is 0 Å². The van der Waals surface area contributed by atoms with Gasteiger partial charge in [0.15, 0.2) is 0 Å². The number of nitrogens with zero attached hydrogens (tertiary/aromatic N) is 1. The fourth-order valence-electron chi connectivity index (χ4n) is 3.68. The Morgan fingerprint density at radius 2 is 1.94 bits per heavy atom. The van der Waals surface area contributed by atoms with Gasteiger partial charge < -0.3 is 15.0 Å². The maximum Gasteiger partial charge on any atom is 0.0700 e. The maximum atomic E-state index is 5.66. The van der Waals surface area contributed by atoms with Gasteiger partial charge in [-0.15, -0.1) is 0 Å². The zero-order valence-corrected chi connectivity index (χ0v) is 10.3. The molecular weight excluding hydrogens is 200 g/mol. The summed E-state index contributed by atoms with van der Waals surface area (Å²) in [4.78, 5) is 2.60. The first-order chi connectivity index (χ1) is 7.83. The minimum atomic E-state index is 0.498. The van der Waals surface area contributed by atoms with Gasteiger partial charge in [-0.25, -0.2) is 0 Å². The van der Waals surface area contributed by atoms with E-state index in [0.29, 0.717) is 6.10 Å². The van der Waals surface area contributed by atoms with Gasteiger partial charge in [0.2, 0.25) is 0 Å². The lowest BCUT2D eigenvalue weighted by Gasteiger charge is -2.37. The summed E-state index contributed by atoms with van der Waals surface area (Å²) in [6.45, 7) is 2.05. The molecule has 3 heteroatoms. The van der Waals surface area contributed by atoms with E-state index in [1.54, 1.807) is 0 Å². The molecule has 3 nitrogen and oxygen atoms in total. The molecule has 3 rings (SSSR count). The Balaban J connectivity index is 1.46. The first kappa shape index (κ1) is 11.0. The van der Waals surface area contributed by atoms with Gasteiger partial charge in [-0.1, -0.05) is 0 Å². The number of hydrogen-bond acceptors (Lipinski definition) is 3. The number of fused-ring (bicyclic) bond motifs is 2. The third kappa shape index (κ3) is 2.13. The highest BCUT2D eigenvalue weighted by atomic mass is 16.5. The van der Waals surface area contributed by atoms with E-state index in [9.17, 15) is 0 Å². The van der Waals surface area contributed by atoms with Crippen LogP contribution in [0.2, 0.25) is 0 Å². The highest BCUT2D eigenvalue weighted by Crippen LogP contribution is 2.34. The van der Waals surface area contributed by atoms with Crippen LogP contribution < -0.4 is 5.32 Å². The van der Waals surface area contributed by atoms with Gasteiger partial charge in [0.25, 0.3) is 0 Å². The van der Waals surface area contributed by atoms with E-state index in [1.807, 2.05) is 0 Å². The van der Waals surface area contributed by atoms with E-state index >= 15 is 0 Å². The van der Waals surface area contributed by atoms with Crippen LogP contribution in [0, 0.1) is 0 Å². The molecule has 0 saturated carbocycles. The first-order valence-corrected chi connectivity index (χ1v) is 6.90. The summed E-state index contributed by atoms with van der Waals surface area (Å²) in [5, 5.41) is 3.73. The average molecular weight is 224 g/mol. The number of hydrogen-bond donors (Lipinski definition) is 1. The molecule has 0 radical (unpaired) electrons. The summed E-state index contributed by atoms with van der Waals surface area (Å²) in [5.41, 5.74) is 0.